The summed E-state index contributed by atoms with van der Waals surface area (Å²) in [6, 6.07) is 2.01. The molecule has 0 radical (unpaired) electrons. The van der Waals surface area contributed by atoms with Crippen molar-refractivity contribution in [2.24, 2.45) is 0 Å². The predicted molar refractivity (Wildman–Crippen MR) is 50.3 cm³/mol. The van der Waals surface area contributed by atoms with Crippen LogP contribution in [0, 0.1) is 0 Å². The lowest BCUT2D eigenvalue weighted by Crippen LogP contribution is -2.32. The van der Waals surface area contributed by atoms with Crippen molar-refractivity contribution in [3.63, 3.8) is 0 Å². The average Bonchev–Trinajstić information content (AvgIpc) is 2.70. The second kappa shape index (κ2) is 3.36. The van der Waals surface area contributed by atoms with Crippen molar-refractivity contribution in [1.29, 1.82) is 0 Å². The lowest BCUT2D eigenvalue weighted by atomic mass is 10.00. The fourth-order valence-electron chi connectivity index (χ4n) is 2.05. The second-order valence-electron chi connectivity index (χ2n) is 3.77. The molecule has 1 aromatic rings. The third kappa shape index (κ3) is 1.47. The van der Waals surface area contributed by atoms with Crippen molar-refractivity contribution in [3.8, 4) is 0 Å². The zero-order valence-corrected chi connectivity index (χ0v) is 8.01. The third-order valence-corrected chi connectivity index (χ3v) is 2.84. The van der Waals surface area contributed by atoms with Crippen LogP contribution in [-0.4, -0.2) is 28.7 Å². The van der Waals surface area contributed by atoms with E-state index in [4.69, 9.17) is 9.52 Å². The maximum absolute atomic E-state index is 10.8. The zero-order chi connectivity index (χ0) is 10.1. The molecular formula is C10H13NO3. The molecule has 0 unspecified atom stereocenters. The summed E-state index contributed by atoms with van der Waals surface area (Å²) in [6.07, 6.45) is 3.38. The Morgan fingerprint density at radius 3 is 3.00 bits per heavy atom. The van der Waals surface area contributed by atoms with E-state index in [0.29, 0.717) is 12.5 Å². The molecule has 1 aliphatic rings. The molecule has 1 aliphatic heterocycles. The molecule has 0 aliphatic carbocycles. The van der Waals surface area contributed by atoms with E-state index < -0.39 is 6.09 Å². The van der Waals surface area contributed by atoms with Crippen LogP contribution in [0.25, 0.3) is 0 Å². The van der Waals surface area contributed by atoms with E-state index >= 15 is 0 Å². The molecular weight excluding hydrogens is 182 g/mol. The molecule has 4 heteroatoms. The summed E-state index contributed by atoms with van der Waals surface area (Å²) < 4.78 is 4.99. The molecule has 76 valence electrons. The van der Waals surface area contributed by atoms with Crippen LogP contribution in [0.2, 0.25) is 0 Å². The molecule has 4 nitrogen and oxygen atoms in total. The monoisotopic (exact) mass is 195 g/mol. The summed E-state index contributed by atoms with van der Waals surface area (Å²) in [5.41, 5.74) is 1.10. The number of carbonyl (C=O) groups is 1. The molecule has 2 heterocycles. The highest BCUT2D eigenvalue weighted by atomic mass is 16.4. The third-order valence-electron chi connectivity index (χ3n) is 2.84. The summed E-state index contributed by atoms with van der Waals surface area (Å²) in [5, 5.41) is 8.90. The lowest BCUT2D eigenvalue weighted by molar-refractivity contribution is 0.143. The van der Waals surface area contributed by atoms with E-state index in [1.807, 2.05) is 13.0 Å². The first-order valence-electron chi connectivity index (χ1n) is 4.70. The van der Waals surface area contributed by atoms with Gasteiger partial charge in [0.25, 0.3) is 0 Å². The van der Waals surface area contributed by atoms with Gasteiger partial charge in [0, 0.05) is 18.5 Å². The van der Waals surface area contributed by atoms with Crippen molar-refractivity contribution < 1.29 is 14.3 Å². The Balaban J connectivity index is 2.10. The minimum atomic E-state index is -0.830. The molecule has 0 spiro atoms. The van der Waals surface area contributed by atoms with Gasteiger partial charge in [-0.25, -0.2) is 4.79 Å². The molecule has 1 fully saturated rings. The van der Waals surface area contributed by atoms with Gasteiger partial charge in [-0.1, -0.05) is 0 Å². The van der Waals surface area contributed by atoms with Crippen LogP contribution >= 0.6 is 0 Å². The van der Waals surface area contributed by atoms with Gasteiger partial charge in [-0.2, -0.15) is 0 Å². The van der Waals surface area contributed by atoms with Crippen LogP contribution < -0.4 is 0 Å². The Morgan fingerprint density at radius 2 is 2.50 bits per heavy atom. The molecule has 1 amide bonds. The highest BCUT2D eigenvalue weighted by Gasteiger charge is 2.33. The molecule has 2 atom stereocenters. The maximum Gasteiger partial charge on any atom is 0.407 e. The van der Waals surface area contributed by atoms with Crippen molar-refractivity contribution in [2.75, 3.05) is 6.54 Å². The Hall–Kier alpha value is -1.45. The largest absolute Gasteiger partial charge is 0.472 e. The number of furan rings is 1. The van der Waals surface area contributed by atoms with Crippen molar-refractivity contribution in [3.05, 3.63) is 24.2 Å². The van der Waals surface area contributed by atoms with Crippen LogP contribution in [-0.2, 0) is 0 Å². The fraction of sp³-hybridized carbons (Fsp3) is 0.500. The molecule has 1 N–H and O–H groups in total. The highest BCUT2D eigenvalue weighted by molar-refractivity contribution is 5.66. The quantitative estimate of drug-likeness (QED) is 0.746. The predicted octanol–water partition coefficient (Wildman–Crippen LogP) is 2.14. The molecule has 0 aromatic carbocycles. The maximum atomic E-state index is 10.8. The molecule has 1 aromatic heterocycles. The van der Waals surface area contributed by atoms with Gasteiger partial charge in [-0.05, 0) is 25.0 Å². The van der Waals surface area contributed by atoms with Crippen molar-refractivity contribution in [2.45, 2.75) is 25.3 Å². The van der Waals surface area contributed by atoms with E-state index in [2.05, 4.69) is 0 Å². The summed E-state index contributed by atoms with van der Waals surface area (Å²) in [5.74, 6) is 0.292. The van der Waals surface area contributed by atoms with Crippen LogP contribution in [0.1, 0.15) is 24.8 Å². The smallest absolute Gasteiger partial charge is 0.407 e. The number of likely N-dealkylation sites (tertiary alicyclic amines) is 1. The summed E-state index contributed by atoms with van der Waals surface area (Å²) >= 11 is 0. The topological polar surface area (TPSA) is 53.7 Å². The fourth-order valence-corrected chi connectivity index (χ4v) is 2.05. The zero-order valence-electron chi connectivity index (χ0n) is 8.01. The number of nitrogens with zero attached hydrogens (tertiary/aromatic N) is 1. The van der Waals surface area contributed by atoms with E-state index in [-0.39, 0.29) is 6.04 Å². The molecule has 2 rings (SSSR count). The van der Waals surface area contributed by atoms with E-state index in [0.717, 1.165) is 12.0 Å². The van der Waals surface area contributed by atoms with Gasteiger partial charge in [0.1, 0.15) is 0 Å². The minimum absolute atomic E-state index is 0.104. The number of rotatable bonds is 1. The average molecular weight is 195 g/mol. The van der Waals surface area contributed by atoms with Crippen LogP contribution in [0.15, 0.2) is 23.0 Å². The number of amides is 1. The Morgan fingerprint density at radius 1 is 1.71 bits per heavy atom. The molecule has 0 bridgehead atoms. The van der Waals surface area contributed by atoms with E-state index in [9.17, 15) is 4.79 Å². The molecule has 0 saturated carbocycles. The lowest BCUT2D eigenvalue weighted by Gasteiger charge is -2.16. The Kier molecular flexibility index (Phi) is 2.19. The van der Waals surface area contributed by atoms with Gasteiger partial charge in [-0.15, -0.1) is 0 Å². The van der Waals surface area contributed by atoms with Gasteiger partial charge >= 0.3 is 6.09 Å². The van der Waals surface area contributed by atoms with Crippen molar-refractivity contribution in [1.82, 2.24) is 4.90 Å². The first kappa shape index (κ1) is 9.12. The van der Waals surface area contributed by atoms with E-state index in [1.54, 1.807) is 12.5 Å². The van der Waals surface area contributed by atoms with Crippen LogP contribution in [0.4, 0.5) is 4.79 Å². The molecule has 14 heavy (non-hydrogen) atoms. The minimum Gasteiger partial charge on any atom is -0.472 e. The number of hydrogen-bond acceptors (Lipinski definition) is 2. The normalized spacial score (nSPS) is 26.8. The van der Waals surface area contributed by atoms with Gasteiger partial charge < -0.3 is 14.4 Å². The summed E-state index contributed by atoms with van der Waals surface area (Å²) in [4.78, 5) is 12.3. The van der Waals surface area contributed by atoms with Gasteiger partial charge in [0.15, 0.2) is 0 Å². The van der Waals surface area contributed by atoms with Gasteiger partial charge in [-0.3, -0.25) is 0 Å². The van der Waals surface area contributed by atoms with Gasteiger partial charge in [0.2, 0.25) is 0 Å². The van der Waals surface area contributed by atoms with Crippen LogP contribution in [0.5, 0.6) is 0 Å². The Labute approximate surface area is 82.1 Å². The number of hydrogen-bond donors (Lipinski definition) is 1. The van der Waals surface area contributed by atoms with Crippen LogP contribution in [0.3, 0.4) is 0 Å². The summed E-state index contributed by atoms with van der Waals surface area (Å²) in [7, 11) is 0. The van der Waals surface area contributed by atoms with Gasteiger partial charge in [0.05, 0.1) is 12.5 Å². The van der Waals surface area contributed by atoms with Crippen molar-refractivity contribution >= 4 is 6.09 Å². The Bertz CT molecular complexity index is 320. The number of carboxylic acid groups (broad SMARTS) is 1. The SMILES string of the molecule is C[C@@H]1C[C@H](c2ccoc2)CN1C(=O)O. The summed E-state index contributed by atoms with van der Waals surface area (Å²) in [6.45, 7) is 2.52. The first-order chi connectivity index (χ1) is 6.68. The standard InChI is InChI=1S/C10H13NO3/c1-7-4-9(5-11(7)10(12)13)8-2-3-14-6-8/h2-3,6-7,9H,4-5H2,1H3,(H,12,13)/t7-,9+/m1/s1. The molecule has 1 saturated heterocycles. The highest BCUT2D eigenvalue weighted by Crippen LogP contribution is 2.31. The first-order valence-corrected chi connectivity index (χ1v) is 4.70. The van der Waals surface area contributed by atoms with E-state index in [1.165, 1.54) is 4.90 Å². The second-order valence-corrected chi connectivity index (χ2v) is 3.77.